The molecule has 2 N–H and O–H groups in total. The van der Waals surface area contributed by atoms with Crippen LogP contribution in [0, 0.1) is 0 Å². The summed E-state index contributed by atoms with van der Waals surface area (Å²) in [7, 11) is 1.80. The van der Waals surface area contributed by atoms with Crippen molar-refractivity contribution in [3.63, 3.8) is 0 Å². The van der Waals surface area contributed by atoms with Gasteiger partial charge in [-0.1, -0.05) is 0 Å². The molecule has 102 valence electrons. The maximum atomic E-state index is 11.2. The van der Waals surface area contributed by atoms with E-state index in [4.69, 9.17) is 5.73 Å². The van der Waals surface area contributed by atoms with Gasteiger partial charge < -0.3 is 5.73 Å². The van der Waals surface area contributed by atoms with Crippen LogP contribution in [0.2, 0.25) is 0 Å². The molecule has 7 nitrogen and oxygen atoms in total. The number of nitrogens with zero attached hydrogens (tertiary/aromatic N) is 5. The molecule has 0 aliphatic rings. The second kappa shape index (κ2) is 5.43. The highest BCUT2D eigenvalue weighted by Gasteiger charge is 2.14. The number of hydrogen-bond donors (Lipinski definition) is 1. The number of aliphatic imine (C=N–C) groups is 2. The molecule has 0 atom stereocenters. The smallest absolute Gasteiger partial charge is 0.262 e. The summed E-state index contributed by atoms with van der Waals surface area (Å²) in [6.07, 6.45) is 4.83. The molecule has 2 aromatic heterocycles. The number of aryl methyl sites for hydroxylation is 1. The van der Waals surface area contributed by atoms with Crippen LogP contribution in [0.15, 0.2) is 34.6 Å². The van der Waals surface area contributed by atoms with Crippen LogP contribution in [0.25, 0.3) is 11.3 Å². The highest BCUT2D eigenvalue weighted by molar-refractivity contribution is 6.38. The quantitative estimate of drug-likeness (QED) is 0.850. The van der Waals surface area contributed by atoms with Crippen molar-refractivity contribution in [1.29, 1.82) is 0 Å². The molecule has 0 spiro atoms. The van der Waals surface area contributed by atoms with Crippen LogP contribution in [-0.2, 0) is 11.8 Å². The summed E-state index contributed by atoms with van der Waals surface area (Å²) >= 11 is 0. The summed E-state index contributed by atoms with van der Waals surface area (Å²) in [4.78, 5) is 23.4. The number of pyridine rings is 1. The lowest BCUT2D eigenvalue weighted by atomic mass is 10.1. The number of amides is 1. The number of rotatable bonds is 4. The molecule has 0 unspecified atom stereocenters. The van der Waals surface area contributed by atoms with Crippen molar-refractivity contribution < 1.29 is 4.79 Å². The third-order valence-corrected chi connectivity index (χ3v) is 2.80. The Labute approximate surface area is 115 Å². The average molecular weight is 270 g/mol. The molecule has 0 aliphatic carbocycles. The summed E-state index contributed by atoms with van der Waals surface area (Å²) in [5.41, 5.74) is 7.89. The zero-order valence-corrected chi connectivity index (χ0v) is 11.2. The van der Waals surface area contributed by atoms with E-state index in [0.29, 0.717) is 16.9 Å². The molecule has 0 aliphatic heterocycles. The van der Waals surface area contributed by atoms with Gasteiger partial charge in [0.25, 0.3) is 5.91 Å². The normalized spacial score (nSPS) is 11.4. The Morgan fingerprint density at radius 3 is 2.75 bits per heavy atom. The van der Waals surface area contributed by atoms with Gasteiger partial charge in [-0.2, -0.15) is 5.10 Å². The third kappa shape index (κ3) is 2.46. The van der Waals surface area contributed by atoms with Gasteiger partial charge in [-0.15, -0.1) is 0 Å². The zero-order chi connectivity index (χ0) is 14.7. The Bertz CT molecular complexity index is 701. The molecule has 2 heterocycles. The molecule has 7 heteroatoms. The maximum Gasteiger partial charge on any atom is 0.262 e. The monoisotopic (exact) mass is 270 g/mol. The predicted molar refractivity (Wildman–Crippen MR) is 77.6 cm³/mol. The minimum atomic E-state index is -0.590. The molecule has 2 rings (SSSR count). The van der Waals surface area contributed by atoms with E-state index in [1.807, 2.05) is 6.07 Å². The van der Waals surface area contributed by atoms with Gasteiger partial charge in [-0.3, -0.25) is 19.5 Å². The van der Waals surface area contributed by atoms with Crippen LogP contribution in [-0.4, -0.2) is 33.1 Å². The van der Waals surface area contributed by atoms with Crippen molar-refractivity contribution in [2.24, 2.45) is 22.8 Å². The SMILES string of the molecule is C=Nc1cncc(-c2ccnn2C)c1N=C(C)C(N)=O. The van der Waals surface area contributed by atoms with E-state index in [2.05, 4.69) is 26.8 Å². The standard InChI is InChI=1S/C13H14N6O/c1-8(13(14)20)18-12-9(6-16-7-10(12)15-2)11-4-5-17-19(11)3/h4-7H,2H2,1,3H3,(H2,14,20). The number of carbonyl (C=O) groups is 1. The molecule has 0 bridgehead atoms. The second-order valence-electron chi connectivity index (χ2n) is 4.11. The van der Waals surface area contributed by atoms with Crippen molar-refractivity contribution in [1.82, 2.24) is 14.8 Å². The van der Waals surface area contributed by atoms with Crippen molar-refractivity contribution in [2.45, 2.75) is 6.92 Å². The first-order valence-corrected chi connectivity index (χ1v) is 5.82. The lowest BCUT2D eigenvalue weighted by Crippen LogP contribution is -2.19. The summed E-state index contributed by atoms with van der Waals surface area (Å²) in [5.74, 6) is -0.590. The zero-order valence-electron chi connectivity index (χ0n) is 11.2. The van der Waals surface area contributed by atoms with E-state index in [-0.39, 0.29) is 5.71 Å². The van der Waals surface area contributed by atoms with Gasteiger partial charge in [-0.05, 0) is 19.7 Å². The fourth-order valence-corrected chi connectivity index (χ4v) is 1.72. The number of primary amides is 1. The molecular weight excluding hydrogens is 256 g/mol. The van der Waals surface area contributed by atoms with Crippen LogP contribution in [0.1, 0.15) is 6.92 Å². The number of aromatic nitrogens is 3. The van der Waals surface area contributed by atoms with Crippen molar-refractivity contribution in [3.8, 4) is 11.3 Å². The lowest BCUT2D eigenvalue weighted by molar-refractivity contribution is -0.112. The molecule has 0 saturated heterocycles. The summed E-state index contributed by atoms with van der Waals surface area (Å²) in [5, 5.41) is 4.11. The molecule has 0 aromatic carbocycles. The van der Waals surface area contributed by atoms with Crippen molar-refractivity contribution in [3.05, 3.63) is 24.7 Å². The molecule has 20 heavy (non-hydrogen) atoms. The minimum absolute atomic E-state index is 0.185. The Balaban J connectivity index is 2.70. The molecule has 0 saturated carbocycles. The first kappa shape index (κ1) is 13.6. The summed E-state index contributed by atoms with van der Waals surface area (Å²) < 4.78 is 1.68. The lowest BCUT2D eigenvalue weighted by Gasteiger charge is -2.08. The second-order valence-corrected chi connectivity index (χ2v) is 4.11. The third-order valence-electron chi connectivity index (χ3n) is 2.80. The van der Waals surface area contributed by atoms with Crippen LogP contribution in [0.3, 0.4) is 0 Å². The predicted octanol–water partition coefficient (Wildman–Crippen LogP) is 1.39. The van der Waals surface area contributed by atoms with Gasteiger partial charge in [0, 0.05) is 25.0 Å². The highest BCUT2D eigenvalue weighted by atomic mass is 16.1. The van der Waals surface area contributed by atoms with Gasteiger partial charge in [0.05, 0.1) is 11.9 Å². The summed E-state index contributed by atoms with van der Waals surface area (Å²) in [6.45, 7) is 5.04. The molecule has 0 fully saturated rings. The molecular formula is C13H14N6O. The molecule has 0 radical (unpaired) electrons. The number of carbonyl (C=O) groups excluding carboxylic acids is 1. The van der Waals surface area contributed by atoms with Crippen LogP contribution < -0.4 is 5.73 Å². The van der Waals surface area contributed by atoms with Gasteiger partial charge >= 0.3 is 0 Å². The first-order chi connectivity index (χ1) is 9.54. The number of nitrogens with two attached hydrogens (primary N) is 1. The topological polar surface area (TPSA) is 98.5 Å². The Morgan fingerprint density at radius 2 is 2.20 bits per heavy atom. The van der Waals surface area contributed by atoms with E-state index in [9.17, 15) is 4.79 Å². The van der Waals surface area contributed by atoms with E-state index in [0.717, 1.165) is 5.69 Å². The van der Waals surface area contributed by atoms with Gasteiger partial charge in [0.2, 0.25) is 0 Å². The van der Waals surface area contributed by atoms with Crippen molar-refractivity contribution >= 4 is 29.7 Å². The van der Waals surface area contributed by atoms with Crippen molar-refractivity contribution in [2.75, 3.05) is 0 Å². The molecule has 1 amide bonds. The van der Waals surface area contributed by atoms with E-state index >= 15 is 0 Å². The maximum absolute atomic E-state index is 11.2. The fraction of sp³-hybridized carbons (Fsp3) is 0.154. The van der Waals surface area contributed by atoms with Crippen LogP contribution in [0.5, 0.6) is 0 Å². The molecule has 2 aromatic rings. The fourth-order valence-electron chi connectivity index (χ4n) is 1.72. The van der Waals surface area contributed by atoms with Gasteiger partial charge in [-0.25, -0.2) is 4.99 Å². The Hall–Kier alpha value is -2.83. The Kier molecular flexibility index (Phi) is 3.69. The van der Waals surface area contributed by atoms with Gasteiger partial charge in [0.1, 0.15) is 17.1 Å². The largest absolute Gasteiger partial charge is 0.365 e. The Morgan fingerprint density at radius 1 is 1.45 bits per heavy atom. The number of hydrogen-bond acceptors (Lipinski definition) is 5. The average Bonchev–Trinajstić information content (AvgIpc) is 2.85. The minimum Gasteiger partial charge on any atom is -0.365 e. The van der Waals surface area contributed by atoms with Crippen LogP contribution in [0.4, 0.5) is 11.4 Å². The highest BCUT2D eigenvalue weighted by Crippen LogP contribution is 2.37. The van der Waals surface area contributed by atoms with Gasteiger partial charge in [0.15, 0.2) is 0 Å². The van der Waals surface area contributed by atoms with E-state index in [1.165, 1.54) is 6.20 Å². The van der Waals surface area contributed by atoms with Crippen LogP contribution >= 0.6 is 0 Å². The van der Waals surface area contributed by atoms with E-state index in [1.54, 1.807) is 31.0 Å². The summed E-state index contributed by atoms with van der Waals surface area (Å²) in [6, 6.07) is 1.82. The van der Waals surface area contributed by atoms with E-state index < -0.39 is 5.91 Å². The first-order valence-electron chi connectivity index (χ1n) is 5.82.